The summed E-state index contributed by atoms with van der Waals surface area (Å²) in [5.41, 5.74) is 1.47. The lowest BCUT2D eigenvalue weighted by Gasteiger charge is -2.21. The Morgan fingerprint density at radius 2 is 1.66 bits per heavy atom. The molecule has 0 saturated heterocycles. The number of carbonyl (C=O) groups is 3. The summed E-state index contributed by atoms with van der Waals surface area (Å²) < 4.78 is 10.3. The largest absolute Gasteiger partial charge is 0.459 e. The average molecular weight is 392 g/mol. The first-order valence-corrected chi connectivity index (χ1v) is 8.94. The number of nitrogens with zero attached hydrogens (tertiary/aromatic N) is 1. The molecule has 0 radical (unpaired) electrons. The number of amides is 2. The Morgan fingerprint density at radius 3 is 2.28 bits per heavy atom. The highest BCUT2D eigenvalue weighted by atomic mass is 16.5. The fourth-order valence-electron chi connectivity index (χ4n) is 2.62. The van der Waals surface area contributed by atoms with Gasteiger partial charge in [-0.2, -0.15) is 0 Å². The van der Waals surface area contributed by atoms with Crippen molar-refractivity contribution in [3.63, 3.8) is 0 Å². The Morgan fingerprint density at radius 1 is 0.966 bits per heavy atom. The zero-order valence-electron chi connectivity index (χ0n) is 16.0. The van der Waals surface area contributed by atoms with Crippen LogP contribution in [0.15, 0.2) is 77.4 Å². The van der Waals surface area contributed by atoms with Crippen LogP contribution in [0.5, 0.6) is 0 Å². The van der Waals surface area contributed by atoms with Gasteiger partial charge in [0.05, 0.1) is 11.8 Å². The maximum atomic E-state index is 12.5. The lowest BCUT2D eigenvalue weighted by Crippen LogP contribution is -2.37. The van der Waals surface area contributed by atoms with Crippen LogP contribution in [-0.2, 0) is 9.53 Å². The molecule has 0 saturated carbocycles. The van der Waals surface area contributed by atoms with Crippen LogP contribution < -0.4 is 10.2 Å². The second-order valence-corrected chi connectivity index (χ2v) is 6.29. The molecule has 1 N–H and O–H groups in total. The van der Waals surface area contributed by atoms with Gasteiger partial charge in [-0.15, -0.1) is 0 Å². The van der Waals surface area contributed by atoms with E-state index < -0.39 is 18.0 Å². The highest BCUT2D eigenvalue weighted by Crippen LogP contribution is 2.16. The molecule has 0 fully saturated rings. The second-order valence-electron chi connectivity index (χ2n) is 6.29. The number of hydrogen-bond acceptors (Lipinski definition) is 5. The van der Waals surface area contributed by atoms with E-state index in [9.17, 15) is 14.4 Å². The third kappa shape index (κ3) is 4.90. The van der Waals surface area contributed by atoms with E-state index in [0.717, 1.165) is 0 Å². The molecule has 7 heteroatoms. The normalized spacial score (nSPS) is 11.4. The van der Waals surface area contributed by atoms with Gasteiger partial charge >= 0.3 is 5.97 Å². The summed E-state index contributed by atoms with van der Waals surface area (Å²) in [6, 6.07) is 18.4. The molecule has 7 nitrogen and oxygen atoms in total. The van der Waals surface area contributed by atoms with Crippen molar-refractivity contribution >= 4 is 29.2 Å². The van der Waals surface area contributed by atoms with E-state index in [1.54, 1.807) is 43.4 Å². The zero-order chi connectivity index (χ0) is 20.8. The molecule has 29 heavy (non-hydrogen) atoms. The van der Waals surface area contributed by atoms with Gasteiger partial charge in [-0.1, -0.05) is 18.2 Å². The molecule has 0 aliphatic carbocycles. The number of carbonyl (C=O) groups excluding carboxylic acids is 3. The van der Waals surface area contributed by atoms with Crippen molar-refractivity contribution in [2.45, 2.75) is 13.0 Å². The summed E-state index contributed by atoms with van der Waals surface area (Å²) in [4.78, 5) is 38.2. The van der Waals surface area contributed by atoms with Crippen LogP contribution in [0.2, 0.25) is 0 Å². The fraction of sp³-hybridized carbons (Fsp3) is 0.136. The van der Waals surface area contributed by atoms with Crippen molar-refractivity contribution in [1.29, 1.82) is 0 Å². The number of nitrogens with one attached hydrogen (secondary N) is 1. The number of para-hydroxylation sites is 1. The third-order valence-electron chi connectivity index (χ3n) is 4.23. The van der Waals surface area contributed by atoms with Gasteiger partial charge in [-0.3, -0.25) is 9.59 Å². The summed E-state index contributed by atoms with van der Waals surface area (Å²) in [6.07, 6.45) is 0.456. The minimum Gasteiger partial charge on any atom is -0.459 e. The molecule has 0 spiro atoms. The van der Waals surface area contributed by atoms with Crippen LogP contribution in [0.25, 0.3) is 0 Å². The number of esters is 1. The predicted molar refractivity (Wildman–Crippen MR) is 108 cm³/mol. The molecule has 3 rings (SSSR count). The second kappa shape index (κ2) is 8.88. The van der Waals surface area contributed by atoms with Gasteiger partial charge in [-0.05, 0) is 55.5 Å². The molecular formula is C22H20N2O5. The Bertz CT molecular complexity index is 982. The van der Waals surface area contributed by atoms with E-state index >= 15 is 0 Å². The molecule has 1 heterocycles. The molecule has 0 aliphatic heterocycles. The number of rotatable bonds is 6. The smallest absolute Gasteiger partial charge is 0.338 e. The van der Waals surface area contributed by atoms with E-state index in [0.29, 0.717) is 11.4 Å². The van der Waals surface area contributed by atoms with Crippen molar-refractivity contribution < 1.29 is 23.5 Å². The fourth-order valence-corrected chi connectivity index (χ4v) is 2.62. The van der Waals surface area contributed by atoms with Gasteiger partial charge in [0.2, 0.25) is 0 Å². The van der Waals surface area contributed by atoms with Crippen LogP contribution in [0.4, 0.5) is 11.4 Å². The van der Waals surface area contributed by atoms with E-state index in [4.69, 9.17) is 9.15 Å². The van der Waals surface area contributed by atoms with Crippen molar-refractivity contribution in [2.24, 2.45) is 0 Å². The maximum absolute atomic E-state index is 12.5. The summed E-state index contributed by atoms with van der Waals surface area (Å²) in [5.74, 6) is -1.18. The number of anilines is 2. The van der Waals surface area contributed by atoms with E-state index in [1.807, 2.05) is 18.2 Å². The highest BCUT2D eigenvalue weighted by Gasteiger charge is 2.23. The van der Waals surface area contributed by atoms with Gasteiger partial charge in [0, 0.05) is 18.4 Å². The first-order valence-electron chi connectivity index (χ1n) is 8.94. The maximum Gasteiger partial charge on any atom is 0.338 e. The Kier molecular flexibility index (Phi) is 6.09. The molecule has 1 atom stereocenters. The molecule has 1 aromatic heterocycles. The number of hydrogen-bond donors (Lipinski definition) is 1. The molecule has 0 unspecified atom stereocenters. The average Bonchev–Trinajstić information content (AvgIpc) is 3.29. The summed E-state index contributed by atoms with van der Waals surface area (Å²) in [5, 5.41) is 2.66. The zero-order valence-corrected chi connectivity index (χ0v) is 16.0. The Hall–Kier alpha value is -3.87. The van der Waals surface area contributed by atoms with Crippen molar-refractivity contribution in [3.05, 3.63) is 84.3 Å². The topological polar surface area (TPSA) is 88.8 Å². The molecule has 3 aromatic rings. The van der Waals surface area contributed by atoms with Gasteiger partial charge < -0.3 is 19.4 Å². The van der Waals surface area contributed by atoms with Crippen LogP contribution in [0.3, 0.4) is 0 Å². The molecule has 0 aliphatic rings. The van der Waals surface area contributed by atoms with Crippen LogP contribution in [0, 0.1) is 0 Å². The SMILES string of the molecule is C[C@@H](OC(=O)c1ccc(NC(=O)c2ccco2)cc1)C(=O)N(C)c1ccccc1. The van der Waals surface area contributed by atoms with Crippen LogP contribution in [-0.4, -0.2) is 30.9 Å². The first kappa shape index (κ1) is 19.9. The Balaban J connectivity index is 1.58. The van der Waals surface area contributed by atoms with Crippen molar-refractivity contribution in [1.82, 2.24) is 0 Å². The van der Waals surface area contributed by atoms with E-state index in [2.05, 4.69) is 5.32 Å². The van der Waals surface area contributed by atoms with Gasteiger partial charge in [0.15, 0.2) is 11.9 Å². The predicted octanol–water partition coefficient (Wildman–Crippen LogP) is 3.74. The minimum atomic E-state index is -0.953. The number of likely N-dealkylation sites (N-methyl/N-ethyl adjacent to an activating group) is 1. The monoisotopic (exact) mass is 392 g/mol. The van der Waals surface area contributed by atoms with Crippen LogP contribution >= 0.6 is 0 Å². The molecule has 148 valence electrons. The summed E-state index contributed by atoms with van der Waals surface area (Å²) in [7, 11) is 1.62. The molecule has 2 aromatic carbocycles. The van der Waals surface area contributed by atoms with Gasteiger partial charge in [-0.25, -0.2) is 4.79 Å². The molecule has 2 amide bonds. The molecule has 0 bridgehead atoms. The third-order valence-corrected chi connectivity index (χ3v) is 4.23. The molecular weight excluding hydrogens is 372 g/mol. The number of ether oxygens (including phenoxy) is 1. The number of benzene rings is 2. The van der Waals surface area contributed by atoms with Crippen LogP contribution in [0.1, 0.15) is 27.8 Å². The minimum absolute atomic E-state index is 0.184. The summed E-state index contributed by atoms with van der Waals surface area (Å²) in [6.45, 7) is 1.53. The Labute approximate surface area is 167 Å². The quantitative estimate of drug-likeness (QED) is 0.646. The van der Waals surface area contributed by atoms with Gasteiger partial charge in [0.1, 0.15) is 0 Å². The van der Waals surface area contributed by atoms with Crippen molar-refractivity contribution in [3.8, 4) is 0 Å². The standard InChI is InChI=1S/C22H20N2O5/c1-15(21(26)24(2)18-7-4-3-5-8-18)29-22(27)16-10-12-17(13-11-16)23-20(25)19-9-6-14-28-19/h3-15H,1-2H3,(H,23,25)/t15-/m1/s1. The highest BCUT2D eigenvalue weighted by molar-refractivity contribution is 6.02. The van der Waals surface area contributed by atoms with Crippen molar-refractivity contribution in [2.75, 3.05) is 17.3 Å². The lowest BCUT2D eigenvalue weighted by molar-refractivity contribution is -0.126. The summed E-state index contributed by atoms with van der Waals surface area (Å²) >= 11 is 0. The van der Waals surface area contributed by atoms with E-state index in [-0.39, 0.29) is 17.2 Å². The van der Waals surface area contributed by atoms with E-state index in [1.165, 1.54) is 30.2 Å². The first-order chi connectivity index (χ1) is 14.0. The van der Waals surface area contributed by atoms with Gasteiger partial charge in [0.25, 0.3) is 11.8 Å². The lowest BCUT2D eigenvalue weighted by atomic mass is 10.2. The number of furan rings is 1.